The summed E-state index contributed by atoms with van der Waals surface area (Å²) in [5, 5.41) is 15.1. The molecule has 8 rings (SSSR count). The number of pyridine rings is 1. The minimum absolute atomic E-state index is 0.612. The smallest absolute Gasteiger partial charge is 0.101 e. The molecule has 3 aromatic heterocycles. The van der Waals surface area contributed by atoms with Gasteiger partial charge in [0.1, 0.15) is 6.07 Å². The van der Waals surface area contributed by atoms with Crippen molar-refractivity contribution in [1.82, 2.24) is 14.1 Å². The first-order valence-corrected chi connectivity index (χ1v) is 13.3. The van der Waals surface area contributed by atoms with Gasteiger partial charge in [-0.1, -0.05) is 84.9 Å². The zero-order chi connectivity index (χ0) is 26.6. The lowest BCUT2D eigenvalue weighted by atomic mass is 9.99. The van der Waals surface area contributed by atoms with Gasteiger partial charge in [-0.3, -0.25) is 4.98 Å². The van der Waals surface area contributed by atoms with E-state index in [1.807, 2.05) is 24.5 Å². The van der Waals surface area contributed by atoms with E-state index in [2.05, 4.69) is 129 Å². The van der Waals surface area contributed by atoms with Crippen LogP contribution in [0.4, 0.5) is 0 Å². The normalized spacial score (nSPS) is 11.5. The molecule has 0 aliphatic carbocycles. The van der Waals surface area contributed by atoms with Crippen LogP contribution in [0.25, 0.3) is 66.1 Å². The highest BCUT2D eigenvalue weighted by Crippen LogP contribution is 2.41. The largest absolute Gasteiger partial charge is 0.309 e. The van der Waals surface area contributed by atoms with Crippen molar-refractivity contribution in [2.75, 3.05) is 0 Å². The molecule has 0 spiro atoms. The molecule has 0 fully saturated rings. The van der Waals surface area contributed by atoms with Gasteiger partial charge in [-0.05, 0) is 36.4 Å². The quantitative estimate of drug-likeness (QED) is 0.238. The molecule has 5 aromatic carbocycles. The predicted octanol–water partition coefficient (Wildman–Crippen LogP) is 8.81. The van der Waals surface area contributed by atoms with E-state index < -0.39 is 0 Å². The molecule has 40 heavy (non-hydrogen) atoms. The number of hydrogen-bond donors (Lipinski definition) is 0. The molecule has 0 amide bonds. The van der Waals surface area contributed by atoms with Crippen LogP contribution in [-0.4, -0.2) is 14.1 Å². The Morgan fingerprint density at radius 2 is 1.00 bits per heavy atom. The second-order valence-corrected chi connectivity index (χ2v) is 9.95. The van der Waals surface area contributed by atoms with Gasteiger partial charge in [0.2, 0.25) is 0 Å². The van der Waals surface area contributed by atoms with Crippen molar-refractivity contribution in [3.63, 3.8) is 0 Å². The van der Waals surface area contributed by atoms with E-state index in [0.717, 1.165) is 55.3 Å². The molecule has 0 bridgehead atoms. The lowest BCUT2D eigenvalue weighted by Crippen LogP contribution is -2.04. The Morgan fingerprint density at radius 3 is 1.52 bits per heavy atom. The number of nitriles is 1. The average Bonchev–Trinajstić information content (AvgIpc) is 3.54. The van der Waals surface area contributed by atoms with Crippen LogP contribution < -0.4 is 0 Å². The van der Waals surface area contributed by atoms with E-state index in [1.54, 1.807) is 0 Å². The fraction of sp³-hybridized carbons (Fsp3) is 0. The van der Waals surface area contributed by atoms with E-state index in [1.165, 1.54) is 10.8 Å². The third kappa shape index (κ3) is 3.09. The number of aromatic nitrogens is 3. The molecule has 0 N–H and O–H groups in total. The number of para-hydroxylation sites is 5. The molecular weight excluding hydrogens is 488 g/mol. The summed E-state index contributed by atoms with van der Waals surface area (Å²) in [6, 6.07) is 44.4. The molecule has 0 radical (unpaired) electrons. The minimum Gasteiger partial charge on any atom is -0.309 e. The zero-order valence-electron chi connectivity index (χ0n) is 21.5. The second kappa shape index (κ2) is 8.69. The SMILES string of the molecule is N#Cc1cccc(-c2cnccc2-n2c3ccccc3c3ccccc32)c1-n1c2ccccc2c2ccccc21. The molecule has 0 saturated carbocycles. The third-order valence-corrected chi connectivity index (χ3v) is 7.87. The monoisotopic (exact) mass is 510 g/mol. The molecule has 0 unspecified atom stereocenters. The maximum absolute atomic E-state index is 10.4. The fourth-order valence-electron chi connectivity index (χ4n) is 6.23. The molecule has 4 nitrogen and oxygen atoms in total. The minimum atomic E-state index is 0.612. The molecular formula is C36H22N4. The summed E-state index contributed by atoms with van der Waals surface area (Å²) in [4.78, 5) is 4.59. The Hall–Kier alpha value is -5.66. The molecule has 0 saturated heterocycles. The van der Waals surface area contributed by atoms with Crippen LogP contribution in [0.15, 0.2) is 134 Å². The highest BCUT2D eigenvalue weighted by molar-refractivity contribution is 6.11. The van der Waals surface area contributed by atoms with Crippen molar-refractivity contribution in [1.29, 1.82) is 5.26 Å². The van der Waals surface area contributed by atoms with Crippen LogP contribution in [-0.2, 0) is 0 Å². The van der Waals surface area contributed by atoms with Gasteiger partial charge in [0.05, 0.1) is 39.0 Å². The molecule has 3 heterocycles. The summed E-state index contributed by atoms with van der Waals surface area (Å²) in [6.07, 6.45) is 3.77. The van der Waals surface area contributed by atoms with E-state index in [4.69, 9.17) is 0 Å². The van der Waals surface area contributed by atoms with E-state index in [-0.39, 0.29) is 0 Å². The Kier molecular flexibility index (Phi) is 4.85. The summed E-state index contributed by atoms with van der Waals surface area (Å²) >= 11 is 0. The fourth-order valence-corrected chi connectivity index (χ4v) is 6.23. The molecule has 4 heteroatoms. The first-order valence-electron chi connectivity index (χ1n) is 13.3. The summed E-state index contributed by atoms with van der Waals surface area (Å²) in [5.74, 6) is 0. The first kappa shape index (κ1) is 22.3. The molecule has 0 atom stereocenters. The van der Waals surface area contributed by atoms with E-state index in [9.17, 15) is 5.26 Å². The maximum Gasteiger partial charge on any atom is 0.101 e. The molecule has 8 aromatic rings. The third-order valence-electron chi connectivity index (χ3n) is 7.87. The van der Waals surface area contributed by atoms with Crippen LogP contribution in [0, 0.1) is 11.3 Å². The highest BCUT2D eigenvalue weighted by Gasteiger charge is 2.22. The molecule has 0 aliphatic heterocycles. The standard InChI is InChI=1S/C36H22N4/c37-22-24-10-9-15-29(36(24)40-33-18-7-3-13-27(33)28-14-4-8-19-34(28)40)30-23-38-21-20-35(30)39-31-16-5-1-11-25(31)26-12-2-6-17-32(26)39/h1-21,23H. The predicted molar refractivity (Wildman–Crippen MR) is 163 cm³/mol. The van der Waals surface area contributed by atoms with Crippen molar-refractivity contribution in [3.8, 4) is 28.6 Å². The van der Waals surface area contributed by atoms with Crippen molar-refractivity contribution in [2.24, 2.45) is 0 Å². The van der Waals surface area contributed by atoms with Crippen molar-refractivity contribution < 1.29 is 0 Å². The number of nitrogens with zero attached hydrogens (tertiary/aromatic N) is 4. The van der Waals surface area contributed by atoms with E-state index >= 15 is 0 Å². The second-order valence-electron chi connectivity index (χ2n) is 9.95. The van der Waals surface area contributed by atoms with Gasteiger partial charge in [-0.2, -0.15) is 5.26 Å². The Balaban J connectivity index is 1.51. The Bertz CT molecular complexity index is 2190. The maximum atomic E-state index is 10.4. The van der Waals surface area contributed by atoms with Crippen molar-refractivity contribution in [2.45, 2.75) is 0 Å². The van der Waals surface area contributed by atoms with Crippen LogP contribution in [0.1, 0.15) is 5.56 Å². The topological polar surface area (TPSA) is 46.5 Å². The lowest BCUT2D eigenvalue weighted by molar-refractivity contribution is 1.14. The number of benzene rings is 5. The average molecular weight is 511 g/mol. The Morgan fingerprint density at radius 1 is 0.500 bits per heavy atom. The van der Waals surface area contributed by atoms with Gasteiger partial charge >= 0.3 is 0 Å². The summed E-state index contributed by atoms with van der Waals surface area (Å²) < 4.78 is 4.55. The number of rotatable bonds is 3. The zero-order valence-corrected chi connectivity index (χ0v) is 21.5. The van der Waals surface area contributed by atoms with Crippen LogP contribution >= 0.6 is 0 Å². The van der Waals surface area contributed by atoms with Crippen LogP contribution in [0.3, 0.4) is 0 Å². The molecule has 0 aliphatic rings. The number of fused-ring (bicyclic) bond motifs is 6. The van der Waals surface area contributed by atoms with Gasteiger partial charge in [0, 0.05) is 45.1 Å². The van der Waals surface area contributed by atoms with Gasteiger partial charge < -0.3 is 9.13 Å². The van der Waals surface area contributed by atoms with Gasteiger partial charge in [0.25, 0.3) is 0 Å². The summed E-state index contributed by atoms with van der Waals surface area (Å²) in [7, 11) is 0. The highest BCUT2D eigenvalue weighted by atomic mass is 15.0. The first-order chi connectivity index (χ1) is 19.8. The van der Waals surface area contributed by atoms with Gasteiger partial charge in [-0.25, -0.2) is 0 Å². The van der Waals surface area contributed by atoms with Crippen LogP contribution in [0.2, 0.25) is 0 Å². The van der Waals surface area contributed by atoms with Gasteiger partial charge in [-0.15, -0.1) is 0 Å². The summed E-state index contributed by atoms with van der Waals surface area (Å²) in [5.41, 5.74) is 8.79. The van der Waals surface area contributed by atoms with Crippen molar-refractivity contribution >= 4 is 43.6 Å². The number of hydrogen-bond acceptors (Lipinski definition) is 2. The molecule has 186 valence electrons. The lowest BCUT2D eigenvalue weighted by Gasteiger charge is -2.19. The van der Waals surface area contributed by atoms with Gasteiger partial charge in [0.15, 0.2) is 0 Å². The van der Waals surface area contributed by atoms with Crippen LogP contribution in [0.5, 0.6) is 0 Å². The Labute approximate surface area is 230 Å². The van der Waals surface area contributed by atoms with E-state index in [0.29, 0.717) is 5.56 Å². The summed E-state index contributed by atoms with van der Waals surface area (Å²) in [6.45, 7) is 0. The van der Waals surface area contributed by atoms with Crippen molar-refractivity contribution in [3.05, 3.63) is 139 Å².